The van der Waals surface area contributed by atoms with E-state index in [9.17, 15) is 0 Å². The van der Waals surface area contributed by atoms with Gasteiger partial charge in [0.15, 0.2) is 0 Å². The standard InChI is InChI=1S/C2H4O2.2ClH.Cr/c1-2(3)4;;;/h1H3,(H,3,4);2*1H;/q;;;+2/p-2. The second kappa shape index (κ2) is 16.0. The van der Waals surface area contributed by atoms with Crippen LogP contribution in [0.1, 0.15) is 6.92 Å². The molecular formula is C2H4Cl2CrO2. The maximum Gasteiger partial charge on any atom is 2.00 e. The van der Waals surface area contributed by atoms with Crippen LogP contribution in [0.3, 0.4) is 0 Å². The van der Waals surface area contributed by atoms with Crippen LogP contribution >= 0.6 is 0 Å². The van der Waals surface area contributed by atoms with Crippen LogP contribution in [0.5, 0.6) is 0 Å². The number of carboxylic acid groups (broad SMARTS) is 1. The van der Waals surface area contributed by atoms with Crippen LogP contribution in [0.25, 0.3) is 0 Å². The van der Waals surface area contributed by atoms with E-state index in [0.717, 1.165) is 6.92 Å². The molecule has 0 amide bonds. The van der Waals surface area contributed by atoms with E-state index in [-0.39, 0.29) is 42.2 Å². The summed E-state index contributed by atoms with van der Waals surface area (Å²) in [7, 11) is 0. The first kappa shape index (κ1) is 25.6. The van der Waals surface area contributed by atoms with Gasteiger partial charge in [0.25, 0.3) is 5.97 Å². The predicted octanol–water partition coefficient (Wildman–Crippen LogP) is -5.90. The quantitative estimate of drug-likeness (QED) is 0.406. The molecule has 44 valence electrons. The fourth-order valence-corrected chi connectivity index (χ4v) is 0. The van der Waals surface area contributed by atoms with Crippen LogP contribution in [-0.2, 0) is 22.2 Å². The van der Waals surface area contributed by atoms with Crippen molar-refractivity contribution in [3.63, 3.8) is 0 Å². The van der Waals surface area contributed by atoms with Crippen LogP contribution in [0.15, 0.2) is 0 Å². The van der Waals surface area contributed by atoms with Gasteiger partial charge in [0.2, 0.25) is 0 Å². The van der Waals surface area contributed by atoms with Crippen LogP contribution < -0.4 is 24.8 Å². The minimum absolute atomic E-state index is 0. The Kier molecular flexibility index (Phi) is 58.5. The van der Waals surface area contributed by atoms with Crippen molar-refractivity contribution in [3.8, 4) is 0 Å². The molecule has 0 rings (SSSR count). The molecule has 7 heavy (non-hydrogen) atoms. The monoisotopic (exact) mass is 182 g/mol. The summed E-state index contributed by atoms with van der Waals surface area (Å²) in [6, 6.07) is 0. The molecular weight excluding hydrogens is 179 g/mol. The fraction of sp³-hybridized carbons (Fsp3) is 0.500. The molecule has 0 atom stereocenters. The van der Waals surface area contributed by atoms with Gasteiger partial charge >= 0.3 is 17.4 Å². The van der Waals surface area contributed by atoms with E-state index < -0.39 is 5.97 Å². The summed E-state index contributed by atoms with van der Waals surface area (Å²) < 4.78 is 0. The summed E-state index contributed by atoms with van der Waals surface area (Å²) in [6.07, 6.45) is 0. The van der Waals surface area contributed by atoms with Gasteiger partial charge in [-0.15, -0.1) is 0 Å². The van der Waals surface area contributed by atoms with Crippen molar-refractivity contribution in [2.45, 2.75) is 6.92 Å². The number of halogens is 2. The van der Waals surface area contributed by atoms with E-state index in [4.69, 9.17) is 9.90 Å². The Balaban J connectivity index is -0.0000000150. The van der Waals surface area contributed by atoms with Crippen LogP contribution in [-0.4, -0.2) is 11.1 Å². The van der Waals surface area contributed by atoms with Gasteiger partial charge in [-0.25, -0.2) is 0 Å². The van der Waals surface area contributed by atoms with Crippen molar-refractivity contribution in [1.29, 1.82) is 0 Å². The minimum Gasteiger partial charge on any atom is -1.00 e. The van der Waals surface area contributed by atoms with Gasteiger partial charge < -0.3 is 29.9 Å². The number of carbonyl (C=O) groups is 1. The molecule has 0 aromatic rings. The minimum atomic E-state index is -0.833. The van der Waals surface area contributed by atoms with Gasteiger partial charge in [0.05, 0.1) is 0 Å². The number of rotatable bonds is 0. The van der Waals surface area contributed by atoms with Gasteiger partial charge in [-0.1, -0.05) is 0 Å². The maximum atomic E-state index is 9.00. The summed E-state index contributed by atoms with van der Waals surface area (Å²) in [5.41, 5.74) is 0. The molecule has 0 radical (unpaired) electrons. The predicted molar refractivity (Wildman–Crippen MR) is 13.3 cm³/mol. The van der Waals surface area contributed by atoms with Crippen molar-refractivity contribution in [1.82, 2.24) is 0 Å². The van der Waals surface area contributed by atoms with Crippen molar-refractivity contribution in [3.05, 3.63) is 0 Å². The first-order valence-electron chi connectivity index (χ1n) is 0.928. The summed E-state index contributed by atoms with van der Waals surface area (Å²) >= 11 is 0. The van der Waals surface area contributed by atoms with E-state index in [2.05, 4.69) is 0 Å². The molecule has 0 heterocycles. The number of hydrogen-bond acceptors (Lipinski definition) is 1. The normalized spacial score (nSPS) is 3.57. The molecule has 0 fully saturated rings. The molecule has 1 N–H and O–H groups in total. The molecule has 2 nitrogen and oxygen atoms in total. The summed E-state index contributed by atoms with van der Waals surface area (Å²) in [5.74, 6) is -0.833. The number of carboxylic acids is 1. The Morgan fingerprint density at radius 3 is 1.43 bits per heavy atom. The molecule has 0 unspecified atom stereocenters. The van der Waals surface area contributed by atoms with E-state index in [0.29, 0.717) is 0 Å². The first-order valence-corrected chi connectivity index (χ1v) is 0.928. The van der Waals surface area contributed by atoms with Crippen molar-refractivity contribution in [2.24, 2.45) is 0 Å². The van der Waals surface area contributed by atoms with Crippen molar-refractivity contribution < 1.29 is 52.1 Å². The second-order valence-corrected chi connectivity index (χ2v) is 0.519. The summed E-state index contributed by atoms with van der Waals surface area (Å²) in [5, 5.41) is 7.42. The van der Waals surface area contributed by atoms with E-state index in [1.54, 1.807) is 0 Å². The van der Waals surface area contributed by atoms with Gasteiger partial charge in [-0.3, -0.25) is 4.79 Å². The summed E-state index contributed by atoms with van der Waals surface area (Å²) in [6.45, 7) is 1.08. The molecule has 0 aromatic carbocycles. The fourth-order valence-electron chi connectivity index (χ4n) is 0. The Morgan fingerprint density at radius 1 is 1.43 bits per heavy atom. The number of aliphatic carboxylic acids is 1. The maximum absolute atomic E-state index is 9.00. The zero-order valence-electron chi connectivity index (χ0n) is 3.52. The third-order valence-electron chi connectivity index (χ3n) is 0. The molecule has 0 bridgehead atoms. The van der Waals surface area contributed by atoms with Gasteiger partial charge in [0.1, 0.15) is 0 Å². The van der Waals surface area contributed by atoms with Crippen molar-refractivity contribution in [2.75, 3.05) is 0 Å². The van der Waals surface area contributed by atoms with E-state index in [1.807, 2.05) is 0 Å². The largest absolute Gasteiger partial charge is 2.00 e. The molecule has 0 aliphatic rings. The Hall–Kier alpha value is 0.582. The topological polar surface area (TPSA) is 37.3 Å². The third kappa shape index (κ3) is 407. The Labute approximate surface area is 65.2 Å². The summed E-state index contributed by atoms with van der Waals surface area (Å²) in [4.78, 5) is 9.00. The molecule has 0 saturated heterocycles. The molecule has 0 spiro atoms. The zero-order chi connectivity index (χ0) is 3.58. The van der Waals surface area contributed by atoms with E-state index in [1.165, 1.54) is 0 Å². The molecule has 0 aromatic heterocycles. The average molecular weight is 183 g/mol. The zero-order valence-corrected chi connectivity index (χ0v) is 6.31. The molecule has 0 saturated carbocycles. The SMILES string of the molecule is CC(=O)O.[Cl-].[Cl-].[Cr+2]. The van der Waals surface area contributed by atoms with Gasteiger partial charge in [-0.05, 0) is 0 Å². The molecule has 0 aliphatic heterocycles. The average Bonchev–Trinajstić information content (AvgIpc) is 0.811. The molecule has 5 heteroatoms. The van der Waals surface area contributed by atoms with Gasteiger partial charge in [-0.2, -0.15) is 0 Å². The Morgan fingerprint density at radius 2 is 1.43 bits per heavy atom. The third-order valence-corrected chi connectivity index (χ3v) is 0. The Bertz CT molecular complexity index is 36.7. The van der Waals surface area contributed by atoms with Crippen LogP contribution in [0.4, 0.5) is 0 Å². The van der Waals surface area contributed by atoms with E-state index >= 15 is 0 Å². The first-order chi connectivity index (χ1) is 1.73. The smallest absolute Gasteiger partial charge is 1.00 e. The van der Waals surface area contributed by atoms with Crippen LogP contribution in [0, 0.1) is 0 Å². The number of hydrogen-bond donors (Lipinski definition) is 1. The van der Waals surface area contributed by atoms with Gasteiger partial charge in [0, 0.05) is 6.92 Å². The molecule has 0 aliphatic carbocycles. The second-order valence-electron chi connectivity index (χ2n) is 0.519. The van der Waals surface area contributed by atoms with Crippen molar-refractivity contribution >= 4 is 5.97 Å². The van der Waals surface area contributed by atoms with Crippen LogP contribution in [0.2, 0.25) is 0 Å².